The Kier molecular flexibility index (Phi) is 7.12. The Morgan fingerprint density at radius 1 is 1.09 bits per heavy atom. The van der Waals surface area contributed by atoms with Crippen molar-refractivity contribution in [1.82, 2.24) is 20.5 Å². The van der Waals surface area contributed by atoms with Crippen molar-refractivity contribution in [3.8, 4) is 22.3 Å². The molecule has 1 unspecified atom stereocenters. The van der Waals surface area contributed by atoms with Crippen molar-refractivity contribution in [1.29, 1.82) is 0 Å². The van der Waals surface area contributed by atoms with E-state index in [9.17, 15) is 14.0 Å². The molecule has 4 aromatic rings. The molecule has 2 amide bonds. The highest BCUT2D eigenvalue weighted by atomic mass is 19.1. The Morgan fingerprint density at radius 2 is 1.89 bits per heavy atom. The second-order valence-corrected chi connectivity index (χ2v) is 13.4. The number of fused-ring (bicyclic) bond motifs is 3. The average Bonchev–Trinajstić information content (AvgIpc) is 3.48. The number of hydrogen-bond acceptors (Lipinski definition) is 6. The summed E-state index contributed by atoms with van der Waals surface area (Å²) in [5.41, 5.74) is 4.94. The molecular formula is C36H36F2N6O3. The summed E-state index contributed by atoms with van der Waals surface area (Å²) in [7, 11) is 0. The predicted octanol–water partition coefficient (Wildman–Crippen LogP) is 5.53. The molecular weight excluding hydrogens is 602 g/mol. The van der Waals surface area contributed by atoms with Crippen LogP contribution in [0.15, 0.2) is 54.7 Å². The number of amides is 2. The van der Waals surface area contributed by atoms with E-state index < -0.39 is 29.4 Å². The van der Waals surface area contributed by atoms with Gasteiger partial charge >= 0.3 is 0 Å². The molecule has 47 heavy (non-hydrogen) atoms. The maximum absolute atomic E-state index is 15.7. The summed E-state index contributed by atoms with van der Waals surface area (Å²) in [5.74, 6) is -1.36. The smallest absolute Gasteiger partial charge is 0.258 e. The number of aryl methyl sites for hydroxylation is 2. The number of H-pyrrole nitrogens is 1. The van der Waals surface area contributed by atoms with Crippen molar-refractivity contribution < 1.29 is 23.1 Å². The number of benzene rings is 2. The van der Waals surface area contributed by atoms with Gasteiger partial charge in [-0.1, -0.05) is 18.2 Å². The number of alkyl halides is 1. The van der Waals surface area contributed by atoms with Gasteiger partial charge in [-0.05, 0) is 104 Å². The fourth-order valence-electron chi connectivity index (χ4n) is 7.53. The van der Waals surface area contributed by atoms with Gasteiger partial charge in [-0.2, -0.15) is 5.10 Å². The first-order valence-electron chi connectivity index (χ1n) is 16.3. The molecule has 2 aromatic heterocycles. The molecule has 242 valence electrons. The normalized spacial score (nSPS) is 22.6. The lowest BCUT2D eigenvalue weighted by Crippen LogP contribution is -2.50. The minimum absolute atomic E-state index is 0.122. The topological polar surface area (TPSA) is 112 Å². The van der Waals surface area contributed by atoms with Crippen molar-refractivity contribution >= 4 is 23.3 Å². The molecule has 4 aliphatic rings. The van der Waals surface area contributed by atoms with Crippen LogP contribution >= 0.6 is 0 Å². The zero-order valence-electron chi connectivity index (χ0n) is 26.3. The van der Waals surface area contributed by atoms with E-state index in [4.69, 9.17) is 4.74 Å². The number of nitrogens with zero attached hydrogens (tertiary/aromatic N) is 3. The first-order chi connectivity index (χ1) is 22.7. The van der Waals surface area contributed by atoms with Crippen molar-refractivity contribution in [3.05, 3.63) is 83.1 Å². The van der Waals surface area contributed by atoms with E-state index in [1.54, 1.807) is 18.3 Å². The third kappa shape index (κ3) is 5.36. The van der Waals surface area contributed by atoms with E-state index in [0.29, 0.717) is 41.8 Å². The van der Waals surface area contributed by atoms with Crippen LogP contribution in [-0.2, 0) is 20.7 Å². The lowest BCUT2D eigenvalue weighted by atomic mass is 9.89. The number of hydrogen-bond donors (Lipinski definition) is 3. The number of morpholine rings is 1. The van der Waals surface area contributed by atoms with Crippen molar-refractivity contribution in [2.24, 2.45) is 0 Å². The SMILES string of the molecule is Cc1n[nH]c(C)c1-c1ccc(NC(=O)C(NC(=O)C2(F)CC2)[C@@H]2CCc3c(F)cc(-c4ccnc(N5C[C@@H]6C[C@H]5CO6)c4)cc32)cc1. The number of ether oxygens (including phenoxy) is 1. The van der Waals surface area contributed by atoms with E-state index >= 15 is 4.39 Å². The Morgan fingerprint density at radius 3 is 2.57 bits per heavy atom. The van der Waals surface area contributed by atoms with Crippen LogP contribution in [0.1, 0.15) is 54.1 Å². The minimum Gasteiger partial charge on any atom is -0.374 e. The monoisotopic (exact) mass is 638 g/mol. The number of rotatable bonds is 8. The van der Waals surface area contributed by atoms with Gasteiger partial charge in [-0.15, -0.1) is 0 Å². The molecule has 4 heterocycles. The van der Waals surface area contributed by atoms with Crippen LogP contribution in [0.4, 0.5) is 20.3 Å². The van der Waals surface area contributed by atoms with Crippen molar-refractivity contribution in [2.75, 3.05) is 23.4 Å². The summed E-state index contributed by atoms with van der Waals surface area (Å²) in [5, 5.41) is 12.9. The van der Waals surface area contributed by atoms with Crippen LogP contribution in [0.5, 0.6) is 0 Å². The van der Waals surface area contributed by atoms with Gasteiger partial charge in [0, 0.05) is 35.6 Å². The van der Waals surface area contributed by atoms with Gasteiger partial charge in [-0.25, -0.2) is 13.8 Å². The number of aromatic amines is 1. The number of aromatic nitrogens is 3. The Labute approximate surface area is 271 Å². The Balaban J connectivity index is 1.09. The summed E-state index contributed by atoms with van der Waals surface area (Å²) < 4.78 is 36.4. The fourth-order valence-corrected chi connectivity index (χ4v) is 7.53. The fraction of sp³-hybridized carbons (Fsp3) is 0.389. The van der Waals surface area contributed by atoms with Crippen LogP contribution in [0, 0.1) is 19.7 Å². The number of carbonyl (C=O) groups excluding carboxylic acids is 2. The van der Waals surface area contributed by atoms with Crippen LogP contribution in [0.2, 0.25) is 0 Å². The standard InChI is InChI=1S/C36H36F2N6O3/c1-19-32(20(2)43-42-19)21-3-5-24(6-4-21)40-34(45)33(41-35(46)36(38)10-11-36)28-8-7-27-29(28)13-23(14-30(27)37)22-9-12-39-31(15-22)44-17-26-16-25(44)18-47-26/h3-6,9,12-15,25-26,28,33H,7-8,10-11,16-18H2,1-2H3,(H,40,45)(H,41,46)(H,42,43)/t25-,26-,28+,33?/m0/s1. The lowest BCUT2D eigenvalue weighted by Gasteiger charge is -2.28. The van der Waals surface area contributed by atoms with E-state index in [0.717, 1.165) is 46.9 Å². The molecule has 2 aliphatic carbocycles. The van der Waals surface area contributed by atoms with Gasteiger partial charge < -0.3 is 20.3 Å². The number of anilines is 2. The predicted molar refractivity (Wildman–Crippen MR) is 173 cm³/mol. The van der Waals surface area contributed by atoms with Crippen LogP contribution < -0.4 is 15.5 Å². The highest BCUT2D eigenvalue weighted by Crippen LogP contribution is 2.43. The molecule has 11 heteroatoms. The molecule has 2 aromatic carbocycles. The molecule has 3 fully saturated rings. The molecule has 2 saturated heterocycles. The van der Waals surface area contributed by atoms with Gasteiger partial charge in [0.1, 0.15) is 17.7 Å². The summed E-state index contributed by atoms with van der Waals surface area (Å²) in [6, 6.07) is 13.8. The van der Waals surface area contributed by atoms with Crippen molar-refractivity contribution in [3.63, 3.8) is 0 Å². The molecule has 9 nitrogen and oxygen atoms in total. The van der Waals surface area contributed by atoms with Gasteiger partial charge in [0.15, 0.2) is 5.67 Å². The van der Waals surface area contributed by atoms with E-state index in [-0.39, 0.29) is 30.8 Å². The molecule has 2 bridgehead atoms. The molecule has 1 saturated carbocycles. The molecule has 2 aliphatic heterocycles. The van der Waals surface area contributed by atoms with Gasteiger partial charge in [0.25, 0.3) is 5.91 Å². The second-order valence-electron chi connectivity index (χ2n) is 13.4. The van der Waals surface area contributed by atoms with Crippen LogP contribution in [0.25, 0.3) is 22.3 Å². The van der Waals surface area contributed by atoms with Crippen molar-refractivity contribution in [2.45, 2.75) is 75.7 Å². The highest BCUT2D eigenvalue weighted by Gasteiger charge is 2.52. The van der Waals surface area contributed by atoms with Gasteiger partial charge in [0.2, 0.25) is 5.91 Å². The summed E-state index contributed by atoms with van der Waals surface area (Å²) in [4.78, 5) is 33.8. The number of pyridine rings is 1. The quantitative estimate of drug-likeness (QED) is 0.234. The highest BCUT2D eigenvalue weighted by molar-refractivity contribution is 6.00. The Bertz CT molecular complexity index is 1870. The van der Waals surface area contributed by atoms with Crippen LogP contribution in [-0.4, -0.2) is 64.0 Å². The second kappa shape index (κ2) is 11.3. The summed E-state index contributed by atoms with van der Waals surface area (Å²) >= 11 is 0. The number of carbonyl (C=O) groups is 2. The van der Waals surface area contributed by atoms with E-state index in [1.165, 1.54) is 6.07 Å². The number of nitrogens with one attached hydrogen (secondary N) is 3. The Hall–Kier alpha value is -4.64. The molecule has 4 atom stereocenters. The average molecular weight is 639 g/mol. The molecule has 3 N–H and O–H groups in total. The number of halogens is 2. The first-order valence-corrected chi connectivity index (χ1v) is 16.3. The zero-order valence-corrected chi connectivity index (χ0v) is 26.3. The van der Waals surface area contributed by atoms with E-state index in [2.05, 4.69) is 30.7 Å². The maximum atomic E-state index is 15.7. The lowest BCUT2D eigenvalue weighted by molar-refractivity contribution is -0.131. The molecule has 0 spiro atoms. The van der Waals surface area contributed by atoms with Crippen LogP contribution in [0.3, 0.4) is 0 Å². The zero-order chi connectivity index (χ0) is 32.4. The maximum Gasteiger partial charge on any atom is 0.258 e. The summed E-state index contributed by atoms with van der Waals surface area (Å²) in [6.45, 7) is 5.32. The minimum atomic E-state index is -1.97. The third-order valence-corrected chi connectivity index (χ3v) is 10.2. The van der Waals surface area contributed by atoms with Gasteiger partial charge in [0.05, 0.1) is 24.4 Å². The molecule has 0 radical (unpaired) electrons. The largest absolute Gasteiger partial charge is 0.374 e. The third-order valence-electron chi connectivity index (χ3n) is 10.2. The molecule has 8 rings (SSSR count). The van der Waals surface area contributed by atoms with Gasteiger partial charge in [-0.3, -0.25) is 14.7 Å². The first kappa shape index (κ1) is 29.7. The van der Waals surface area contributed by atoms with E-state index in [1.807, 2.05) is 44.2 Å². The summed E-state index contributed by atoms with van der Waals surface area (Å²) in [6.07, 6.45) is 4.00.